The first-order valence-corrected chi connectivity index (χ1v) is 6.29. The van der Waals surface area contributed by atoms with Crippen LogP contribution in [0.1, 0.15) is 19.4 Å². The van der Waals surface area contributed by atoms with Crippen molar-refractivity contribution >= 4 is 0 Å². The van der Waals surface area contributed by atoms with Gasteiger partial charge in [0.2, 0.25) is 0 Å². The van der Waals surface area contributed by atoms with Crippen LogP contribution in [0, 0.1) is 5.92 Å². The molecule has 0 aliphatic carbocycles. The number of benzene rings is 1. The SMILES string of the molecule is CC(C)C(CN(C)C)NCc1cccc(O)c1O. The molecular formula is C14H24N2O2. The highest BCUT2D eigenvalue weighted by Crippen LogP contribution is 2.28. The first-order valence-electron chi connectivity index (χ1n) is 6.29. The van der Waals surface area contributed by atoms with E-state index in [4.69, 9.17) is 0 Å². The summed E-state index contributed by atoms with van der Waals surface area (Å²) in [6.07, 6.45) is 0. The van der Waals surface area contributed by atoms with Gasteiger partial charge in [-0.15, -0.1) is 0 Å². The first kappa shape index (κ1) is 14.8. The summed E-state index contributed by atoms with van der Waals surface area (Å²) in [4.78, 5) is 2.14. The monoisotopic (exact) mass is 252 g/mol. The lowest BCUT2D eigenvalue weighted by molar-refractivity contribution is 0.286. The van der Waals surface area contributed by atoms with Crippen LogP contribution in [0.15, 0.2) is 18.2 Å². The largest absolute Gasteiger partial charge is 0.504 e. The van der Waals surface area contributed by atoms with Gasteiger partial charge < -0.3 is 20.4 Å². The molecule has 0 bridgehead atoms. The Kier molecular flexibility index (Phi) is 5.44. The third kappa shape index (κ3) is 4.20. The molecule has 1 aromatic rings. The second-order valence-electron chi connectivity index (χ2n) is 5.28. The van der Waals surface area contributed by atoms with Gasteiger partial charge in [0, 0.05) is 24.7 Å². The average molecular weight is 252 g/mol. The van der Waals surface area contributed by atoms with E-state index in [0.29, 0.717) is 18.5 Å². The Morgan fingerprint density at radius 3 is 2.44 bits per heavy atom. The van der Waals surface area contributed by atoms with Crippen LogP contribution in [-0.4, -0.2) is 41.8 Å². The van der Waals surface area contributed by atoms with Crippen molar-refractivity contribution in [2.75, 3.05) is 20.6 Å². The lowest BCUT2D eigenvalue weighted by Gasteiger charge is -2.26. The smallest absolute Gasteiger partial charge is 0.161 e. The van der Waals surface area contributed by atoms with E-state index in [0.717, 1.165) is 12.1 Å². The molecule has 102 valence electrons. The van der Waals surface area contributed by atoms with Crippen LogP contribution in [0.2, 0.25) is 0 Å². The molecule has 4 nitrogen and oxygen atoms in total. The number of phenols is 2. The fourth-order valence-corrected chi connectivity index (χ4v) is 1.87. The minimum atomic E-state index is -0.0667. The van der Waals surface area contributed by atoms with Gasteiger partial charge in [-0.3, -0.25) is 0 Å². The number of nitrogens with zero attached hydrogens (tertiary/aromatic N) is 1. The zero-order chi connectivity index (χ0) is 13.7. The fraction of sp³-hybridized carbons (Fsp3) is 0.571. The molecule has 0 saturated heterocycles. The lowest BCUT2D eigenvalue weighted by Crippen LogP contribution is -2.41. The Bertz CT molecular complexity index is 378. The molecule has 0 spiro atoms. The predicted octanol–water partition coefficient (Wildman–Crippen LogP) is 1.77. The predicted molar refractivity (Wildman–Crippen MR) is 73.8 cm³/mol. The van der Waals surface area contributed by atoms with E-state index in [1.807, 2.05) is 20.2 Å². The summed E-state index contributed by atoms with van der Waals surface area (Å²) in [5, 5.41) is 22.6. The van der Waals surface area contributed by atoms with Crippen LogP contribution >= 0.6 is 0 Å². The highest BCUT2D eigenvalue weighted by molar-refractivity contribution is 5.44. The van der Waals surface area contributed by atoms with Crippen LogP contribution in [0.25, 0.3) is 0 Å². The molecule has 0 aliphatic rings. The number of likely N-dealkylation sites (N-methyl/N-ethyl adjacent to an activating group) is 1. The van der Waals surface area contributed by atoms with E-state index in [-0.39, 0.29) is 11.5 Å². The molecule has 1 aromatic carbocycles. The van der Waals surface area contributed by atoms with Gasteiger partial charge in [0.25, 0.3) is 0 Å². The summed E-state index contributed by atoms with van der Waals surface area (Å²) in [5.74, 6) is 0.409. The highest BCUT2D eigenvalue weighted by Gasteiger charge is 2.15. The molecule has 0 saturated carbocycles. The van der Waals surface area contributed by atoms with Gasteiger partial charge in [-0.2, -0.15) is 0 Å². The van der Waals surface area contributed by atoms with Gasteiger partial charge in [-0.05, 0) is 26.1 Å². The molecule has 0 heterocycles. The zero-order valence-electron chi connectivity index (χ0n) is 11.6. The maximum Gasteiger partial charge on any atom is 0.161 e. The van der Waals surface area contributed by atoms with Crippen molar-refractivity contribution in [3.8, 4) is 11.5 Å². The standard InChI is InChI=1S/C14H24N2O2/c1-10(2)12(9-16(3)4)15-8-11-6-5-7-13(17)14(11)18/h5-7,10,12,15,17-18H,8-9H2,1-4H3. The van der Waals surface area contributed by atoms with Crippen LogP contribution in [0.5, 0.6) is 11.5 Å². The molecule has 3 N–H and O–H groups in total. The van der Waals surface area contributed by atoms with Gasteiger partial charge in [0.05, 0.1) is 0 Å². The minimum Gasteiger partial charge on any atom is -0.504 e. The minimum absolute atomic E-state index is 0.0302. The Morgan fingerprint density at radius 2 is 1.89 bits per heavy atom. The highest BCUT2D eigenvalue weighted by atomic mass is 16.3. The summed E-state index contributed by atoms with van der Waals surface area (Å²) >= 11 is 0. The number of aromatic hydroxyl groups is 2. The van der Waals surface area contributed by atoms with Crippen LogP contribution in [-0.2, 0) is 6.54 Å². The average Bonchev–Trinajstić information content (AvgIpc) is 2.28. The van der Waals surface area contributed by atoms with Crippen molar-refractivity contribution in [2.45, 2.75) is 26.4 Å². The maximum absolute atomic E-state index is 9.73. The second kappa shape index (κ2) is 6.61. The third-order valence-electron chi connectivity index (χ3n) is 3.02. The molecule has 1 rings (SSSR count). The van der Waals surface area contributed by atoms with Gasteiger partial charge >= 0.3 is 0 Å². The number of phenolic OH excluding ortho intramolecular Hbond substituents is 2. The van der Waals surface area contributed by atoms with Crippen molar-refractivity contribution in [3.05, 3.63) is 23.8 Å². The van der Waals surface area contributed by atoms with Crippen molar-refractivity contribution in [2.24, 2.45) is 5.92 Å². The van der Waals surface area contributed by atoms with Gasteiger partial charge in [0.15, 0.2) is 11.5 Å². The van der Waals surface area contributed by atoms with Gasteiger partial charge in [-0.25, -0.2) is 0 Å². The number of hydrogen-bond donors (Lipinski definition) is 3. The van der Waals surface area contributed by atoms with E-state index in [2.05, 4.69) is 24.1 Å². The summed E-state index contributed by atoms with van der Waals surface area (Å²) in [7, 11) is 4.09. The van der Waals surface area contributed by atoms with E-state index in [1.54, 1.807) is 6.07 Å². The number of hydrogen-bond acceptors (Lipinski definition) is 4. The van der Waals surface area contributed by atoms with Crippen LogP contribution in [0.4, 0.5) is 0 Å². The van der Waals surface area contributed by atoms with E-state index in [9.17, 15) is 10.2 Å². The van der Waals surface area contributed by atoms with Crippen LogP contribution in [0.3, 0.4) is 0 Å². The van der Waals surface area contributed by atoms with E-state index in [1.165, 1.54) is 6.07 Å². The van der Waals surface area contributed by atoms with Crippen molar-refractivity contribution in [1.82, 2.24) is 10.2 Å². The van der Waals surface area contributed by atoms with E-state index < -0.39 is 0 Å². The normalized spacial score (nSPS) is 13.2. The molecule has 18 heavy (non-hydrogen) atoms. The molecule has 0 aliphatic heterocycles. The van der Waals surface area contributed by atoms with Crippen LogP contribution < -0.4 is 5.32 Å². The van der Waals surface area contributed by atoms with Crippen molar-refractivity contribution in [1.29, 1.82) is 0 Å². The summed E-state index contributed by atoms with van der Waals surface area (Å²) < 4.78 is 0. The molecule has 0 radical (unpaired) electrons. The molecule has 4 heteroatoms. The van der Waals surface area contributed by atoms with Gasteiger partial charge in [-0.1, -0.05) is 26.0 Å². The molecule has 1 atom stereocenters. The summed E-state index contributed by atoms with van der Waals surface area (Å²) in [5.41, 5.74) is 0.722. The second-order valence-corrected chi connectivity index (χ2v) is 5.28. The van der Waals surface area contributed by atoms with Crippen molar-refractivity contribution < 1.29 is 10.2 Å². The summed E-state index contributed by atoms with van der Waals surface area (Å²) in [6.45, 7) is 5.83. The maximum atomic E-state index is 9.73. The quantitative estimate of drug-likeness (QED) is 0.675. The topological polar surface area (TPSA) is 55.7 Å². The molecule has 1 unspecified atom stereocenters. The molecule has 0 fully saturated rings. The van der Waals surface area contributed by atoms with E-state index >= 15 is 0 Å². The van der Waals surface area contributed by atoms with Crippen molar-refractivity contribution in [3.63, 3.8) is 0 Å². The Balaban J connectivity index is 2.64. The first-order chi connectivity index (χ1) is 8.41. The zero-order valence-corrected chi connectivity index (χ0v) is 11.6. The molecular weight excluding hydrogens is 228 g/mol. The third-order valence-corrected chi connectivity index (χ3v) is 3.02. The van der Waals surface area contributed by atoms with Gasteiger partial charge in [0.1, 0.15) is 0 Å². The molecule has 0 amide bonds. The Hall–Kier alpha value is -1.26. The Labute approximate surface area is 109 Å². The number of para-hydroxylation sites is 1. The number of rotatable bonds is 6. The molecule has 0 aromatic heterocycles. The number of nitrogens with one attached hydrogen (secondary N) is 1. The fourth-order valence-electron chi connectivity index (χ4n) is 1.87. The lowest BCUT2D eigenvalue weighted by atomic mass is 10.0. The Morgan fingerprint density at radius 1 is 1.22 bits per heavy atom. The summed E-state index contributed by atoms with van der Waals surface area (Å²) in [6, 6.07) is 5.39.